The van der Waals surface area contributed by atoms with Crippen molar-refractivity contribution < 1.29 is 28.2 Å². The Bertz CT molecular complexity index is 662. The second-order valence-corrected chi connectivity index (χ2v) is 4.79. The fourth-order valence-electron chi connectivity index (χ4n) is 2.61. The van der Waals surface area contributed by atoms with E-state index in [-0.39, 0.29) is 17.7 Å². The number of imide groups is 1. The summed E-state index contributed by atoms with van der Waals surface area (Å²) in [6.07, 6.45) is -1.25. The molecule has 3 rings (SSSR count). The van der Waals surface area contributed by atoms with Crippen LogP contribution in [0.1, 0.15) is 12.0 Å². The Balaban J connectivity index is 2.14. The topological polar surface area (TPSA) is 93.7 Å². The first-order chi connectivity index (χ1) is 9.96. The van der Waals surface area contributed by atoms with Gasteiger partial charge in [0.2, 0.25) is 0 Å². The van der Waals surface area contributed by atoms with E-state index in [9.17, 15) is 18.8 Å². The van der Waals surface area contributed by atoms with Crippen LogP contribution in [0, 0.1) is 5.82 Å². The Labute approximate surface area is 118 Å². The van der Waals surface area contributed by atoms with Crippen molar-refractivity contribution in [3.63, 3.8) is 0 Å². The van der Waals surface area contributed by atoms with Crippen LogP contribution >= 0.6 is 0 Å². The number of halogens is 1. The van der Waals surface area contributed by atoms with Gasteiger partial charge in [-0.1, -0.05) is 0 Å². The summed E-state index contributed by atoms with van der Waals surface area (Å²) in [6.45, 7) is 0. The van der Waals surface area contributed by atoms with Crippen LogP contribution in [0.25, 0.3) is 0 Å². The lowest BCUT2D eigenvalue weighted by Gasteiger charge is -2.36. The third-order valence-electron chi connectivity index (χ3n) is 3.57. The van der Waals surface area contributed by atoms with Gasteiger partial charge in [0.15, 0.2) is 11.6 Å². The van der Waals surface area contributed by atoms with Crippen LogP contribution in [0.3, 0.4) is 0 Å². The standard InChI is InChI=1S/C13H11FN2O5/c1-20-10(17)9-5-13(11(18)15-12(19)16-13)7-4-6(14)2-3-8(7)21-9/h2-4,9H,5H2,1H3,(H2,15,16,18,19)/t9-,13-/m0/s1. The van der Waals surface area contributed by atoms with Crippen LogP contribution in [0.15, 0.2) is 18.2 Å². The van der Waals surface area contributed by atoms with Crippen LogP contribution in [-0.4, -0.2) is 31.1 Å². The van der Waals surface area contributed by atoms with Crippen molar-refractivity contribution in [2.45, 2.75) is 18.1 Å². The number of methoxy groups -OCH3 is 1. The van der Waals surface area contributed by atoms with Crippen LogP contribution < -0.4 is 15.4 Å². The quantitative estimate of drug-likeness (QED) is 0.569. The molecule has 7 nitrogen and oxygen atoms in total. The largest absolute Gasteiger partial charge is 0.478 e. The number of nitrogens with one attached hydrogen (secondary N) is 2. The van der Waals surface area contributed by atoms with E-state index in [2.05, 4.69) is 15.4 Å². The molecule has 2 N–H and O–H groups in total. The van der Waals surface area contributed by atoms with Gasteiger partial charge in [0.05, 0.1) is 7.11 Å². The minimum atomic E-state index is -1.54. The number of fused-ring (bicyclic) bond motifs is 2. The highest BCUT2D eigenvalue weighted by atomic mass is 19.1. The lowest BCUT2D eigenvalue weighted by Crippen LogP contribution is -2.52. The third-order valence-corrected chi connectivity index (χ3v) is 3.57. The molecule has 21 heavy (non-hydrogen) atoms. The predicted octanol–water partition coefficient (Wildman–Crippen LogP) is 0.185. The van der Waals surface area contributed by atoms with Crippen LogP contribution in [0.2, 0.25) is 0 Å². The summed E-state index contributed by atoms with van der Waals surface area (Å²) in [5.41, 5.74) is -1.36. The lowest BCUT2D eigenvalue weighted by atomic mass is 9.81. The average molecular weight is 294 g/mol. The zero-order chi connectivity index (χ0) is 15.2. The zero-order valence-electron chi connectivity index (χ0n) is 10.9. The first-order valence-electron chi connectivity index (χ1n) is 6.14. The van der Waals surface area contributed by atoms with Crippen LogP contribution in [0.4, 0.5) is 9.18 Å². The minimum absolute atomic E-state index is 0.149. The van der Waals surface area contributed by atoms with Gasteiger partial charge in [-0.25, -0.2) is 14.0 Å². The summed E-state index contributed by atoms with van der Waals surface area (Å²) >= 11 is 0. The van der Waals surface area contributed by atoms with Gasteiger partial charge in [-0.15, -0.1) is 0 Å². The first kappa shape index (κ1) is 13.3. The van der Waals surface area contributed by atoms with Crippen LogP contribution in [0.5, 0.6) is 5.75 Å². The number of amides is 3. The van der Waals surface area contributed by atoms with E-state index in [1.165, 1.54) is 13.2 Å². The molecule has 0 unspecified atom stereocenters. The molecule has 2 aliphatic heterocycles. The van der Waals surface area contributed by atoms with Crippen molar-refractivity contribution in [1.82, 2.24) is 10.6 Å². The van der Waals surface area contributed by atoms with Gasteiger partial charge >= 0.3 is 12.0 Å². The Morgan fingerprint density at radius 2 is 2.24 bits per heavy atom. The van der Waals surface area contributed by atoms with E-state index in [0.29, 0.717) is 0 Å². The monoisotopic (exact) mass is 294 g/mol. The van der Waals surface area contributed by atoms with Gasteiger partial charge in [0.1, 0.15) is 11.6 Å². The number of hydrogen-bond acceptors (Lipinski definition) is 5. The SMILES string of the molecule is COC(=O)[C@@H]1C[C@]2(NC(=O)NC2=O)c2cc(F)ccc2O1. The molecule has 1 fully saturated rings. The summed E-state index contributed by atoms with van der Waals surface area (Å²) in [7, 11) is 1.19. The van der Waals surface area contributed by atoms with Crippen LogP contribution in [-0.2, 0) is 19.9 Å². The summed E-state index contributed by atoms with van der Waals surface area (Å²) in [6, 6.07) is 2.84. The lowest BCUT2D eigenvalue weighted by molar-refractivity contribution is -0.151. The molecule has 1 aromatic rings. The predicted molar refractivity (Wildman–Crippen MR) is 65.8 cm³/mol. The Morgan fingerprint density at radius 3 is 2.86 bits per heavy atom. The normalized spacial score (nSPS) is 26.7. The maximum atomic E-state index is 13.5. The number of benzene rings is 1. The molecule has 3 amide bonds. The van der Waals surface area contributed by atoms with E-state index in [4.69, 9.17) is 4.74 Å². The van der Waals surface area contributed by atoms with Gasteiger partial charge in [0.25, 0.3) is 5.91 Å². The molecule has 0 saturated carbocycles. The fourth-order valence-corrected chi connectivity index (χ4v) is 2.61. The number of carbonyl (C=O) groups excluding carboxylic acids is 3. The molecule has 0 bridgehead atoms. The highest BCUT2D eigenvalue weighted by molar-refractivity contribution is 6.08. The first-order valence-corrected chi connectivity index (χ1v) is 6.14. The van der Waals surface area contributed by atoms with Crippen molar-refractivity contribution in [1.29, 1.82) is 0 Å². The molecular weight excluding hydrogens is 283 g/mol. The number of hydrogen-bond donors (Lipinski definition) is 2. The Morgan fingerprint density at radius 1 is 1.48 bits per heavy atom. The Hall–Kier alpha value is -2.64. The maximum absolute atomic E-state index is 13.5. The van der Waals surface area contributed by atoms with Gasteiger partial charge in [0, 0.05) is 12.0 Å². The summed E-state index contributed by atoms with van der Waals surface area (Å²) < 4.78 is 23.5. The van der Waals surface area contributed by atoms with Gasteiger partial charge in [-0.05, 0) is 18.2 Å². The number of ether oxygens (including phenoxy) is 2. The molecule has 8 heteroatoms. The van der Waals surface area contributed by atoms with E-state index < -0.39 is 35.4 Å². The van der Waals surface area contributed by atoms with Crippen molar-refractivity contribution in [2.24, 2.45) is 0 Å². The molecule has 0 aliphatic carbocycles. The molecule has 2 atom stereocenters. The Kier molecular flexibility index (Phi) is 2.82. The number of carbonyl (C=O) groups is 3. The highest BCUT2D eigenvalue weighted by Crippen LogP contribution is 2.41. The van der Waals surface area contributed by atoms with Crippen molar-refractivity contribution in [2.75, 3.05) is 7.11 Å². The molecule has 1 aromatic carbocycles. The second-order valence-electron chi connectivity index (χ2n) is 4.79. The van der Waals surface area contributed by atoms with E-state index in [1.54, 1.807) is 0 Å². The van der Waals surface area contributed by atoms with E-state index in [0.717, 1.165) is 12.1 Å². The van der Waals surface area contributed by atoms with E-state index in [1.807, 2.05) is 0 Å². The zero-order valence-corrected chi connectivity index (χ0v) is 10.9. The van der Waals surface area contributed by atoms with Crippen molar-refractivity contribution in [3.05, 3.63) is 29.6 Å². The van der Waals surface area contributed by atoms with Crippen molar-refractivity contribution in [3.8, 4) is 5.75 Å². The van der Waals surface area contributed by atoms with Crippen molar-refractivity contribution >= 4 is 17.9 Å². The van der Waals surface area contributed by atoms with Gasteiger partial charge < -0.3 is 14.8 Å². The molecule has 0 aromatic heterocycles. The highest BCUT2D eigenvalue weighted by Gasteiger charge is 2.54. The second kappa shape index (κ2) is 4.44. The average Bonchev–Trinajstić information content (AvgIpc) is 2.73. The van der Waals surface area contributed by atoms with E-state index >= 15 is 0 Å². The number of rotatable bonds is 1. The summed E-state index contributed by atoms with van der Waals surface area (Å²) in [5.74, 6) is -1.77. The summed E-state index contributed by atoms with van der Waals surface area (Å²) in [5, 5.41) is 4.55. The fraction of sp³-hybridized carbons (Fsp3) is 0.308. The molecule has 1 saturated heterocycles. The maximum Gasteiger partial charge on any atom is 0.347 e. The smallest absolute Gasteiger partial charge is 0.347 e. The molecule has 0 radical (unpaired) electrons. The molecule has 2 heterocycles. The number of urea groups is 1. The summed E-state index contributed by atoms with van der Waals surface area (Å²) in [4.78, 5) is 35.3. The van der Waals surface area contributed by atoms with Gasteiger partial charge in [-0.2, -0.15) is 0 Å². The number of esters is 1. The molecule has 110 valence electrons. The molecular formula is C13H11FN2O5. The third kappa shape index (κ3) is 1.91. The minimum Gasteiger partial charge on any atom is -0.478 e. The molecule has 1 spiro atoms. The molecule has 2 aliphatic rings. The van der Waals surface area contributed by atoms with Gasteiger partial charge in [-0.3, -0.25) is 10.1 Å².